The normalized spacial score (nSPS) is 21.0. The van der Waals surface area contributed by atoms with E-state index in [4.69, 9.17) is 0 Å². The van der Waals surface area contributed by atoms with Gasteiger partial charge >= 0.3 is 0 Å². The Bertz CT molecular complexity index is 95.0. The number of nitrogens with zero attached hydrogens (tertiary/aromatic N) is 1. The molecule has 0 aromatic heterocycles. The minimum absolute atomic E-state index is 0.795. The van der Waals surface area contributed by atoms with Crippen LogP contribution in [0.15, 0.2) is 0 Å². The summed E-state index contributed by atoms with van der Waals surface area (Å²) in [5.74, 6) is 0. The molecule has 1 aliphatic rings. The molecular formula is C10H20N. The molecule has 1 rings (SSSR count). The SMILES string of the molecule is [CH2]N(CCC)C1CCCCC1. The predicted molar refractivity (Wildman–Crippen MR) is 49.2 cm³/mol. The first-order valence-electron chi connectivity index (χ1n) is 4.91. The lowest BCUT2D eigenvalue weighted by atomic mass is 9.94. The summed E-state index contributed by atoms with van der Waals surface area (Å²) in [5, 5.41) is 0. The average molecular weight is 154 g/mol. The van der Waals surface area contributed by atoms with Gasteiger partial charge in [-0.3, -0.25) is 4.90 Å². The van der Waals surface area contributed by atoms with Gasteiger partial charge in [0.15, 0.2) is 0 Å². The van der Waals surface area contributed by atoms with Crippen molar-refractivity contribution in [1.29, 1.82) is 0 Å². The molecule has 0 aliphatic heterocycles. The van der Waals surface area contributed by atoms with Gasteiger partial charge in [-0.2, -0.15) is 0 Å². The molecule has 1 nitrogen and oxygen atoms in total. The topological polar surface area (TPSA) is 3.24 Å². The molecule has 0 heterocycles. The molecule has 0 bridgehead atoms. The summed E-state index contributed by atoms with van der Waals surface area (Å²) >= 11 is 0. The molecule has 0 amide bonds. The first kappa shape index (κ1) is 9.05. The fourth-order valence-corrected chi connectivity index (χ4v) is 1.92. The molecule has 0 aromatic rings. The van der Waals surface area contributed by atoms with Crippen molar-refractivity contribution in [3.63, 3.8) is 0 Å². The largest absolute Gasteiger partial charge is 0.299 e. The van der Waals surface area contributed by atoms with Crippen LogP contribution in [0.4, 0.5) is 0 Å². The predicted octanol–water partition coefficient (Wildman–Crippen LogP) is 2.82. The van der Waals surface area contributed by atoms with E-state index in [0.29, 0.717) is 0 Å². The first-order chi connectivity index (χ1) is 5.34. The lowest BCUT2D eigenvalue weighted by molar-refractivity contribution is 0.214. The monoisotopic (exact) mass is 154 g/mol. The molecule has 11 heavy (non-hydrogen) atoms. The summed E-state index contributed by atoms with van der Waals surface area (Å²) in [4.78, 5) is 2.29. The van der Waals surface area contributed by atoms with Crippen molar-refractivity contribution >= 4 is 0 Å². The zero-order valence-corrected chi connectivity index (χ0v) is 7.68. The Labute approximate surface area is 70.8 Å². The van der Waals surface area contributed by atoms with Crippen LogP contribution in [0.1, 0.15) is 45.4 Å². The van der Waals surface area contributed by atoms with Gasteiger partial charge in [-0.15, -0.1) is 0 Å². The van der Waals surface area contributed by atoms with Crippen molar-refractivity contribution in [2.75, 3.05) is 6.54 Å². The lowest BCUT2D eigenvalue weighted by Crippen LogP contribution is -2.32. The summed E-state index contributed by atoms with van der Waals surface area (Å²) in [7, 11) is 4.08. The maximum absolute atomic E-state index is 4.08. The van der Waals surface area contributed by atoms with Gasteiger partial charge in [-0.1, -0.05) is 26.2 Å². The van der Waals surface area contributed by atoms with E-state index >= 15 is 0 Å². The van der Waals surface area contributed by atoms with Crippen LogP contribution in [-0.2, 0) is 0 Å². The Morgan fingerprint density at radius 3 is 2.45 bits per heavy atom. The van der Waals surface area contributed by atoms with Gasteiger partial charge in [0.1, 0.15) is 0 Å². The quantitative estimate of drug-likeness (QED) is 0.604. The van der Waals surface area contributed by atoms with E-state index in [9.17, 15) is 0 Å². The molecule has 1 heteroatoms. The van der Waals surface area contributed by atoms with Crippen molar-refractivity contribution in [3.05, 3.63) is 7.05 Å². The fraction of sp³-hybridized carbons (Fsp3) is 0.900. The second-order valence-electron chi connectivity index (χ2n) is 3.60. The van der Waals surface area contributed by atoms with E-state index < -0.39 is 0 Å². The molecule has 1 saturated carbocycles. The second-order valence-corrected chi connectivity index (χ2v) is 3.60. The van der Waals surface area contributed by atoms with E-state index in [2.05, 4.69) is 18.9 Å². The molecule has 1 aliphatic carbocycles. The third kappa shape index (κ3) is 2.82. The molecule has 0 saturated heterocycles. The van der Waals surface area contributed by atoms with Crippen LogP contribution < -0.4 is 0 Å². The smallest absolute Gasteiger partial charge is 0.0112 e. The summed E-state index contributed by atoms with van der Waals surface area (Å²) < 4.78 is 0. The van der Waals surface area contributed by atoms with Crippen molar-refractivity contribution in [2.24, 2.45) is 0 Å². The third-order valence-electron chi connectivity index (χ3n) is 2.60. The van der Waals surface area contributed by atoms with Crippen molar-refractivity contribution < 1.29 is 0 Å². The van der Waals surface area contributed by atoms with Gasteiger partial charge in [0.05, 0.1) is 0 Å². The molecular weight excluding hydrogens is 134 g/mol. The highest BCUT2D eigenvalue weighted by Gasteiger charge is 2.16. The molecule has 1 fully saturated rings. The lowest BCUT2D eigenvalue weighted by Gasteiger charge is -2.30. The minimum atomic E-state index is 0.795. The van der Waals surface area contributed by atoms with Gasteiger partial charge in [0, 0.05) is 13.1 Å². The average Bonchev–Trinajstić information content (AvgIpc) is 2.07. The highest BCUT2D eigenvalue weighted by molar-refractivity contribution is 4.74. The molecule has 1 radical (unpaired) electrons. The third-order valence-corrected chi connectivity index (χ3v) is 2.60. The van der Waals surface area contributed by atoms with Crippen LogP contribution in [-0.4, -0.2) is 17.5 Å². The number of hydrogen-bond acceptors (Lipinski definition) is 1. The van der Waals surface area contributed by atoms with Gasteiger partial charge in [0.2, 0.25) is 0 Å². The zero-order valence-electron chi connectivity index (χ0n) is 7.68. The minimum Gasteiger partial charge on any atom is -0.299 e. The van der Waals surface area contributed by atoms with Gasteiger partial charge in [0.25, 0.3) is 0 Å². The van der Waals surface area contributed by atoms with Crippen LogP contribution in [0.25, 0.3) is 0 Å². The summed E-state index contributed by atoms with van der Waals surface area (Å²) in [5.41, 5.74) is 0. The Hall–Kier alpha value is -0.0400. The van der Waals surface area contributed by atoms with Crippen LogP contribution in [0.5, 0.6) is 0 Å². The van der Waals surface area contributed by atoms with Gasteiger partial charge in [-0.05, 0) is 25.8 Å². The Morgan fingerprint density at radius 2 is 1.91 bits per heavy atom. The van der Waals surface area contributed by atoms with Crippen molar-refractivity contribution in [1.82, 2.24) is 4.90 Å². The molecule has 0 unspecified atom stereocenters. The van der Waals surface area contributed by atoms with E-state index in [1.807, 2.05) is 0 Å². The molecule has 65 valence electrons. The van der Waals surface area contributed by atoms with Crippen molar-refractivity contribution in [2.45, 2.75) is 51.5 Å². The van der Waals surface area contributed by atoms with Crippen LogP contribution in [0, 0.1) is 7.05 Å². The fourth-order valence-electron chi connectivity index (χ4n) is 1.92. The zero-order chi connectivity index (χ0) is 8.10. The number of rotatable bonds is 3. The highest BCUT2D eigenvalue weighted by Crippen LogP contribution is 2.21. The van der Waals surface area contributed by atoms with Crippen LogP contribution in [0.2, 0.25) is 0 Å². The van der Waals surface area contributed by atoms with Gasteiger partial charge < -0.3 is 0 Å². The van der Waals surface area contributed by atoms with E-state index in [-0.39, 0.29) is 0 Å². The van der Waals surface area contributed by atoms with Crippen molar-refractivity contribution in [3.8, 4) is 0 Å². The standard InChI is InChI=1S/C10H20N/c1-3-9-11(2)10-7-5-4-6-8-10/h10H,2-9H2,1H3. The van der Waals surface area contributed by atoms with Crippen LogP contribution in [0.3, 0.4) is 0 Å². The maximum atomic E-state index is 4.08. The summed E-state index contributed by atoms with van der Waals surface area (Å²) in [6.07, 6.45) is 8.27. The van der Waals surface area contributed by atoms with E-state index in [0.717, 1.165) is 6.04 Å². The molecule has 0 aromatic carbocycles. The first-order valence-corrected chi connectivity index (χ1v) is 4.91. The van der Waals surface area contributed by atoms with Crippen LogP contribution >= 0.6 is 0 Å². The Morgan fingerprint density at radius 1 is 1.27 bits per heavy atom. The highest BCUT2D eigenvalue weighted by atomic mass is 15.1. The Kier molecular flexibility index (Phi) is 3.92. The van der Waals surface area contributed by atoms with E-state index in [1.165, 1.54) is 45.1 Å². The molecule has 0 atom stereocenters. The van der Waals surface area contributed by atoms with Gasteiger partial charge in [-0.25, -0.2) is 0 Å². The maximum Gasteiger partial charge on any atom is 0.0112 e. The van der Waals surface area contributed by atoms with E-state index in [1.54, 1.807) is 0 Å². The summed E-state index contributed by atoms with van der Waals surface area (Å²) in [6.45, 7) is 3.39. The number of hydrogen-bond donors (Lipinski definition) is 0. The summed E-state index contributed by atoms with van der Waals surface area (Å²) in [6, 6.07) is 0.795. The molecule has 0 N–H and O–H groups in total. The molecule has 0 spiro atoms. The second kappa shape index (κ2) is 4.76. The Balaban J connectivity index is 2.21.